The standard InChI is InChI=1S/C26H24N4S/c1-2-19-11-13-22(14-12-19)30-25(24(28-26(30)31)23-10-6-7-16-27-23)20-15-17-29(18-20)21-8-4-3-5-9-21/h3-18,24-25H,2H2,1H3,(H,28,31). The number of nitrogens with one attached hydrogen (secondary N) is 1. The van der Waals surface area contributed by atoms with Gasteiger partial charge < -0.3 is 14.8 Å². The van der Waals surface area contributed by atoms with Crippen LogP contribution in [0.25, 0.3) is 5.69 Å². The van der Waals surface area contributed by atoms with E-state index in [0.717, 1.165) is 28.6 Å². The first kappa shape index (κ1) is 19.5. The van der Waals surface area contributed by atoms with Crippen molar-refractivity contribution in [2.75, 3.05) is 4.90 Å². The van der Waals surface area contributed by atoms with Gasteiger partial charge in [-0.25, -0.2) is 0 Å². The van der Waals surface area contributed by atoms with Crippen molar-refractivity contribution in [2.45, 2.75) is 25.4 Å². The van der Waals surface area contributed by atoms with E-state index in [1.165, 1.54) is 11.1 Å². The lowest BCUT2D eigenvalue weighted by atomic mass is 9.98. The minimum Gasteiger partial charge on any atom is -0.351 e. The number of hydrogen-bond acceptors (Lipinski definition) is 2. The molecule has 1 aliphatic rings. The van der Waals surface area contributed by atoms with Gasteiger partial charge in [0, 0.05) is 30.0 Å². The van der Waals surface area contributed by atoms with E-state index < -0.39 is 0 Å². The Balaban J connectivity index is 1.58. The molecule has 5 heteroatoms. The normalized spacial score (nSPS) is 18.2. The highest BCUT2D eigenvalue weighted by atomic mass is 32.1. The molecule has 154 valence electrons. The Hall–Kier alpha value is -3.44. The van der Waals surface area contributed by atoms with Gasteiger partial charge in [0.05, 0.1) is 17.8 Å². The van der Waals surface area contributed by atoms with Crippen molar-refractivity contribution in [3.05, 3.63) is 114 Å². The van der Waals surface area contributed by atoms with Gasteiger partial charge in [-0.2, -0.15) is 0 Å². The first-order chi connectivity index (χ1) is 15.2. The smallest absolute Gasteiger partial charge is 0.174 e. The summed E-state index contributed by atoms with van der Waals surface area (Å²) in [7, 11) is 0. The molecular formula is C26H24N4S. The molecule has 2 atom stereocenters. The van der Waals surface area contributed by atoms with Crippen molar-refractivity contribution in [1.82, 2.24) is 14.9 Å². The van der Waals surface area contributed by atoms with Crippen molar-refractivity contribution in [2.24, 2.45) is 0 Å². The lowest BCUT2D eigenvalue weighted by Crippen LogP contribution is -2.29. The van der Waals surface area contributed by atoms with Crippen LogP contribution in [0.3, 0.4) is 0 Å². The van der Waals surface area contributed by atoms with Crippen molar-refractivity contribution >= 4 is 23.0 Å². The zero-order valence-electron chi connectivity index (χ0n) is 17.3. The highest BCUT2D eigenvalue weighted by Crippen LogP contribution is 2.41. The zero-order valence-corrected chi connectivity index (χ0v) is 18.2. The van der Waals surface area contributed by atoms with E-state index >= 15 is 0 Å². The molecule has 2 aromatic carbocycles. The molecule has 1 fully saturated rings. The van der Waals surface area contributed by atoms with Gasteiger partial charge >= 0.3 is 0 Å². The maximum Gasteiger partial charge on any atom is 0.174 e. The molecule has 3 heterocycles. The first-order valence-corrected chi connectivity index (χ1v) is 11.0. The summed E-state index contributed by atoms with van der Waals surface area (Å²) in [5.74, 6) is 0. The summed E-state index contributed by atoms with van der Waals surface area (Å²) in [6.45, 7) is 2.17. The van der Waals surface area contributed by atoms with Gasteiger partial charge in [-0.1, -0.05) is 43.3 Å². The molecule has 0 spiro atoms. The minimum absolute atomic E-state index is 0.000149. The summed E-state index contributed by atoms with van der Waals surface area (Å²) >= 11 is 5.82. The molecule has 5 rings (SSSR count). The highest BCUT2D eigenvalue weighted by molar-refractivity contribution is 7.80. The molecule has 2 aromatic heterocycles. The van der Waals surface area contributed by atoms with Crippen LogP contribution >= 0.6 is 12.2 Å². The van der Waals surface area contributed by atoms with Gasteiger partial charge in [0.2, 0.25) is 0 Å². The third-order valence-electron chi connectivity index (χ3n) is 5.83. The molecule has 0 amide bonds. The Kier molecular flexibility index (Phi) is 5.26. The van der Waals surface area contributed by atoms with Crippen LogP contribution in [0.5, 0.6) is 0 Å². The number of para-hydroxylation sites is 1. The van der Waals surface area contributed by atoms with Gasteiger partial charge in [-0.3, -0.25) is 4.98 Å². The molecular weight excluding hydrogens is 400 g/mol. The van der Waals surface area contributed by atoms with Crippen LogP contribution in [0.15, 0.2) is 97.5 Å². The zero-order chi connectivity index (χ0) is 21.2. The van der Waals surface area contributed by atoms with Gasteiger partial charge in [0.1, 0.15) is 0 Å². The summed E-state index contributed by atoms with van der Waals surface area (Å²) in [6, 6.07) is 27.2. The number of hydrogen-bond donors (Lipinski definition) is 1. The molecule has 4 aromatic rings. The van der Waals surface area contributed by atoms with Gasteiger partial charge in [0.15, 0.2) is 5.11 Å². The maximum atomic E-state index is 5.82. The van der Waals surface area contributed by atoms with E-state index in [2.05, 4.69) is 99.7 Å². The predicted molar refractivity (Wildman–Crippen MR) is 130 cm³/mol. The number of benzene rings is 2. The lowest BCUT2D eigenvalue weighted by Gasteiger charge is -2.27. The highest BCUT2D eigenvalue weighted by Gasteiger charge is 2.41. The number of anilines is 1. The molecule has 0 bridgehead atoms. The molecule has 1 saturated heterocycles. The van der Waals surface area contributed by atoms with Crippen LogP contribution in [0.1, 0.15) is 35.8 Å². The second-order valence-electron chi connectivity index (χ2n) is 7.70. The lowest BCUT2D eigenvalue weighted by molar-refractivity contribution is 0.568. The van der Waals surface area contributed by atoms with Gasteiger partial charge in [-0.15, -0.1) is 0 Å². The number of pyridine rings is 1. The molecule has 1 aliphatic heterocycles. The average Bonchev–Trinajstić information content (AvgIpc) is 3.45. The van der Waals surface area contributed by atoms with E-state index in [-0.39, 0.29) is 12.1 Å². The molecule has 0 saturated carbocycles. The molecule has 2 unspecified atom stereocenters. The van der Waals surface area contributed by atoms with Crippen molar-refractivity contribution in [3.8, 4) is 5.69 Å². The third-order valence-corrected chi connectivity index (χ3v) is 6.15. The van der Waals surface area contributed by atoms with E-state index in [9.17, 15) is 0 Å². The number of rotatable bonds is 5. The van der Waals surface area contributed by atoms with Crippen LogP contribution in [0.4, 0.5) is 5.69 Å². The first-order valence-electron chi connectivity index (χ1n) is 10.6. The number of aryl methyl sites for hydroxylation is 1. The summed E-state index contributed by atoms with van der Waals surface area (Å²) in [5, 5.41) is 4.25. The fraction of sp³-hybridized carbons (Fsp3) is 0.154. The van der Waals surface area contributed by atoms with Crippen molar-refractivity contribution in [3.63, 3.8) is 0 Å². The Morgan fingerprint density at radius 1 is 0.903 bits per heavy atom. The molecule has 1 N–H and O–H groups in total. The minimum atomic E-state index is -0.0359. The van der Waals surface area contributed by atoms with E-state index in [0.29, 0.717) is 0 Å². The van der Waals surface area contributed by atoms with Gasteiger partial charge in [-0.05, 0) is 72.2 Å². The van der Waals surface area contributed by atoms with Gasteiger partial charge in [0.25, 0.3) is 0 Å². The van der Waals surface area contributed by atoms with Crippen LogP contribution < -0.4 is 10.2 Å². The summed E-state index contributed by atoms with van der Waals surface area (Å²) in [6.07, 6.45) is 7.16. The SMILES string of the molecule is CCc1ccc(N2C(=S)NC(c3ccccn3)C2c2ccn(-c3ccccc3)c2)cc1. The molecule has 0 aliphatic carbocycles. The molecule has 4 nitrogen and oxygen atoms in total. The number of thiocarbonyl (C=S) groups is 1. The van der Waals surface area contributed by atoms with E-state index in [1.807, 2.05) is 24.4 Å². The number of nitrogens with zero attached hydrogens (tertiary/aromatic N) is 3. The van der Waals surface area contributed by atoms with Crippen LogP contribution in [0.2, 0.25) is 0 Å². The fourth-order valence-corrected chi connectivity index (χ4v) is 4.56. The molecule has 31 heavy (non-hydrogen) atoms. The van der Waals surface area contributed by atoms with Crippen LogP contribution in [-0.2, 0) is 6.42 Å². The summed E-state index contributed by atoms with van der Waals surface area (Å²) in [4.78, 5) is 6.86. The Morgan fingerprint density at radius 2 is 1.68 bits per heavy atom. The van der Waals surface area contributed by atoms with E-state index in [4.69, 9.17) is 12.2 Å². The average molecular weight is 425 g/mol. The Bertz CT molecular complexity index is 1170. The predicted octanol–water partition coefficient (Wildman–Crippen LogP) is 5.61. The second-order valence-corrected chi connectivity index (χ2v) is 8.09. The van der Waals surface area contributed by atoms with E-state index in [1.54, 1.807) is 0 Å². The Morgan fingerprint density at radius 3 is 2.39 bits per heavy atom. The maximum absolute atomic E-state index is 5.82. The summed E-state index contributed by atoms with van der Waals surface area (Å²) < 4.78 is 2.16. The monoisotopic (exact) mass is 424 g/mol. The quantitative estimate of drug-likeness (QED) is 0.422. The Labute approximate surface area is 188 Å². The second kappa shape index (κ2) is 8.36. The van der Waals surface area contributed by atoms with Crippen LogP contribution in [-0.4, -0.2) is 14.7 Å². The van der Waals surface area contributed by atoms with Crippen molar-refractivity contribution in [1.29, 1.82) is 0 Å². The van der Waals surface area contributed by atoms with Crippen LogP contribution in [0, 0.1) is 0 Å². The largest absolute Gasteiger partial charge is 0.351 e. The fourth-order valence-electron chi connectivity index (χ4n) is 4.21. The summed E-state index contributed by atoms with van der Waals surface area (Å²) in [5.41, 5.74) is 5.71. The molecule has 0 radical (unpaired) electrons. The van der Waals surface area contributed by atoms with Crippen molar-refractivity contribution < 1.29 is 0 Å². The number of aromatic nitrogens is 2. The third kappa shape index (κ3) is 3.73. The topological polar surface area (TPSA) is 33.1 Å².